The molecule has 0 fully saturated rings. The van der Waals surface area contributed by atoms with E-state index >= 15 is 0 Å². The van der Waals surface area contributed by atoms with E-state index < -0.39 is 0 Å². The zero-order chi connectivity index (χ0) is 15.9. The number of anilines is 1. The third-order valence-electron chi connectivity index (χ3n) is 3.07. The third kappa shape index (κ3) is 3.47. The Balaban J connectivity index is 0.000000847. The molecule has 2 aromatic heterocycles. The minimum absolute atomic E-state index is 0.185. The second-order valence-corrected chi connectivity index (χ2v) is 4.55. The normalized spacial score (nSPS) is 9.77. The molecule has 3 rings (SSSR count). The molecule has 0 aliphatic rings. The fraction of sp³-hybridized carbons (Fsp3) is 0.167. The molecule has 0 bridgehead atoms. The number of nitrogens with zero attached hydrogens (tertiary/aromatic N) is 2. The van der Waals surface area contributed by atoms with Gasteiger partial charge in [-0.25, -0.2) is 4.98 Å². The average Bonchev–Trinajstić information content (AvgIpc) is 2.57. The molecule has 1 N–H and O–H groups in total. The van der Waals surface area contributed by atoms with E-state index in [1.54, 1.807) is 24.5 Å². The molecule has 3 aromatic rings. The van der Waals surface area contributed by atoms with Crippen LogP contribution in [0.3, 0.4) is 0 Å². The van der Waals surface area contributed by atoms with E-state index in [9.17, 15) is 4.79 Å². The summed E-state index contributed by atoms with van der Waals surface area (Å²) >= 11 is 0. The van der Waals surface area contributed by atoms with Crippen LogP contribution in [0.15, 0.2) is 54.9 Å². The van der Waals surface area contributed by atoms with Crippen LogP contribution < -0.4 is 5.32 Å². The van der Waals surface area contributed by atoms with E-state index in [1.165, 1.54) is 0 Å². The van der Waals surface area contributed by atoms with Crippen molar-refractivity contribution in [2.75, 3.05) is 5.32 Å². The van der Waals surface area contributed by atoms with Gasteiger partial charge in [0.05, 0.1) is 0 Å². The third-order valence-corrected chi connectivity index (χ3v) is 3.07. The first-order valence-electron chi connectivity index (χ1n) is 7.32. The standard InChI is InChI=1S/C16H13N3O.C2H6/c1-11-4-6-13(7-5-11)16(20)19-15-14-12(8-10-18-15)3-2-9-17-14;1-2/h2-10H,1H3,(H,18,19,20);1-2H3. The summed E-state index contributed by atoms with van der Waals surface area (Å²) in [5.74, 6) is 0.296. The summed E-state index contributed by atoms with van der Waals surface area (Å²) in [6.45, 7) is 5.98. The van der Waals surface area contributed by atoms with Crippen molar-refractivity contribution < 1.29 is 4.79 Å². The van der Waals surface area contributed by atoms with Crippen LogP contribution in [-0.4, -0.2) is 15.9 Å². The Kier molecular flexibility index (Phi) is 5.20. The lowest BCUT2D eigenvalue weighted by Gasteiger charge is -2.07. The first-order valence-corrected chi connectivity index (χ1v) is 7.32. The summed E-state index contributed by atoms with van der Waals surface area (Å²) in [6.07, 6.45) is 3.35. The number of aryl methyl sites for hydroxylation is 1. The van der Waals surface area contributed by atoms with E-state index in [2.05, 4.69) is 15.3 Å². The number of carbonyl (C=O) groups is 1. The molecule has 112 valence electrons. The van der Waals surface area contributed by atoms with Crippen LogP contribution >= 0.6 is 0 Å². The van der Waals surface area contributed by atoms with Crippen LogP contribution in [0.4, 0.5) is 5.82 Å². The predicted molar refractivity (Wildman–Crippen MR) is 90.0 cm³/mol. The van der Waals surface area contributed by atoms with E-state index in [0.717, 1.165) is 10.9 Å². The van der Waals surface area contributed by atoms with Crippen molar-refractivity contribution >= 4 is 22.6 Å². The first kappa shape index (κ1) is 15.6. The minimum Gasteiger partial charge on any atom is -0.305 e. The molecule has 22 heavy (non-hydrogen) atoms. The first-order chi connectivity index (χ1) is 10.7. The highest BCUT2D eigenvalue weighted by molar-refractivity contribution is 6.07. The molecule has 0 spiro atoms. The SMILES string of the molecule is CC.Cc1ccc(C(=O)Nc2nccc3cccnc23)cc1. The molecule has 0 aliphatic carbocycles. The van der Waals surface area contributed by atoms with Crippen LogP contribution in [0.25, 0.3) is 10.9 Å². The summed E-state index contributed by atoms with van der Waals surface area (Å²) in [6, 6.07) is 13.1. The maximum atomic E-state index is 12.2. The van der Waals surface area contributed by atoms with Crippen molar-refractivity contribution in [2.24, 2.45) is 0 Å². The molecule has 2 heterocycles. The number of benzene rings is 1. The second-order valence-electron chi connectivity index (χ2n) is 4.55. The van der Waals surface area contributed by atoms with Crippen molar-refractivity contribution in [1.29, 1.82) is 0 Å². The van der Waals surface area contributed by atoms with Gasteiger partial charge in [-0.3, -0.25) is 9.78 Å². The number of rotatable bonds is 2. The highest BCUT2D eigenvalue weighted by Gasteiger charge is 2.09. The molecule has 0 radical (unpaired) electrons. The largest absolute Gasteiger partial charge is 0.305 e. The van der Waals surface area contributed by atoms with Crippen LogP contribution in [0.5, 0.6) is 0 Å². The predicted octanol–water partition coefficient (Wildman–Crippen LogP) is 4.22. The van der Waals surface area contributed by atoms with E-state index in [4.69, 9.17) is 0 Å². The average molecular weight is 293 g/mol. The van der Waals surface area contributed by atoms with Gasteiger partial charge in [-0.1, -0.05) is 37.6 Å². The van der Waals surface area contributed by atoms with Crippen LogP contribution in [-0.2, 0) is 0 Å². The van der Waals surface area contributed by atoms with E-state index in [0.29, 0.717) is 16.9 Å². The summed E-state index contributed by atoms with van der Waals surface area (Å²) < 4.78 is 0. The second kappa shape index (κ2) is 7.31. The van der Waals surface area contributed by atoms with Gasteiger partial charge in [0.1, 0.15) is 5.52 Å². The number of amides is 1. The van der Waals surface area contributed by atoms with E-state index in [1.807, 2.05) is 51.1 Å². The molecule has 1 aromatic carbocycles. The Morgan fingerprint density at radius 1 is 0.955 bits per heavy atom. The van der Waals surface area contributed by atoms with Crippen molar-refractivity contribution in [2.45, 2.75) is 20.8 Å². The van der Waals surface area contributed by atoms with Crippen molar-refractivity contribution in [3.8, 4) is 0 Å². The number of fused-ring (bicyclic) bond motifs is 1. The van der Waals surface area contributed by atoms with E-state index in [-0.39, 0.29) is 5.91 Å². The summed E-state index contributed by atoms with van der Waals surface area (Å²) in [5.41, 5.74) is 2.41. The van der Waals surface area contributed by atoms with Gasteiger partial charge in [0.15, 0.2) is 5.82 Å². The fourth-order valence-corrected chi connectivity index (χ4v) is 1.98. The molecule has 0 unspecified atom stereocenters. The van der Waals surface area contributed by atoms with Crippen molar-refractivity contribution in [3.63, 3.8) is 0 Å². The topological polar surface area (TPSA) is 54.9 Å². The molecule has 0 aliphatic heterocycles. The molecular formula is C18H19N3O. The summed E-state index contributed by atoms with van der Waals surface area (Å²) in [7, 11) is 0. The van der Waals surface area contributed by atoms with Crippen LogP contribution in [0.2, 0.25) is 0 Å². The van der Waals surface area contributed by atoms with Gasteiger partial charge in [-0.2, -0.15) is 0 Å². The lowest BCUT2D eigenvalue weighted by molar-refractivity contribution is 0.102. The Hall–Kier alpha value is -2.75. The lowest BCUT2D eigenvalue weighted by atomic mass is 10.1. The Labute approximate surface area is 130 Å². The minimum atomic E-state index is -0.185. The maximum absolute atomic E-state index is 12.2. The van der Waals surface area contributed by atoms with Gasteiger partial charge >= 0.3 is 0 Å². The summed E-state index contributed by atoms with van der Waals surface area (Å²) in [4.78, 5) is 20.7. The van der Waals surface area contributed by atoms with Gasteiger partial charge in [0.2, 0.25) is 0 Å². The highest BCUT2D eigenvalue weighted by atomic mass is 16.1. The van der Waals surface area contributed by atoms with Crippen LogP contribution in [0.1, 0.15) is 29.8 Å². The number of nitrogens with one attached hydrogen (secondary N) is 1. The zero-order valence-electron chi connectivity index (χ0n) is 13.0. The zero-order valence-corrected chi connectivity index (χ0v) is 13.0. The lowest BCUT2D eigenvalue weighted by Crippen LogP contribution is -2.13. The number of pyridine rings is 2. The summed E-state index contributed by atoms with van der Waals surface area (Å²) in [5, 5.41) is 3.75. The van der Waals surface area contributed by atoms with Gasteiger partial charge < -0.3 is 5.32 Å². The quantitative estimate of drug-likeness (QED) is 0.769. The molecule has 4 heteroatoms. The van der Waals surface area contributed by atoms with Gasteiger partial charge in [0.25, 0.3) is 5.91 Å². The molecule has 4 nitrogen and oxygen atoms in total. The van der Waals surface area contributed by atoms with Crippen molar-refractivity contribution in [3.05, 3.63) is 66.0 Å². The van der Waals surface area contributed by atoms with Crippen LogP contribution in [0, 0.1) is 6.92 Å². The molecule has 0 saturated carbocycles. The Bertz CT molecular complexity index is 761. The van der Waals surface area contributed by atoms with Gasteiger partial charge in [-0.05, 0) is 31.2 Å². The number of carbonyl (C=O) groups excluding carboxylic acids is 1. The number of hydrogen-bond donors (Lipinski definition) is 1. The fourth-order valence-electron chi connectivity index (χ4n) is 1.98. The molecular weight excluding hydrogens is 274 g/mol. The van der Waals surface area contributed by atoms with Gasteiger partial charge in [-0.15, -0.1) is 0 Å². The molecule has 1 amide bonds. The number of aromatic nitrogens is 2. The van der Waals surface area contributed by atoms with Gasteiger partial charge in [0, 0.05) is 23.3 Å². The number of hydrogen-bond acceptors (Lipinski definition) is 3. The highest BCUT2D eigenvalue weighted by Crippen LogP contribution is 2.18. The van der Waals surface area contributed by atoms with Crippen molar-refractivity contribution in [1.82, 2.24) is 9.97 Å². The smallest absolute Gasteiger partial charge is 0.256 e. The Morgan fingerprint density at radius 2 is 1.68 bits per heavy atom. The Morgan fingerprint density at radius 3 is 2.41 bits per heavy atom. The maximum Gasteiger partial charge on any atom is 0.256 e. The molecule has 0 saturated heterocycles. The monoisotopic (exact) mass is 293 g/mol. The molecule has 0 atom stereocenters.